The van der Waals surface area contributed by atoms with Gasteiger partial charge in [-0.05, 0) is 37.0 Å². The molecule has 0 fully saturated rings. The zero-order valence-corrected chi connectivity index (χ0v) is 12.1. The normalized spacial score (nSPS) is 12.4. The maximum Gasteiger partial charge on any atom is 0.145 e. The molecule has 0 aliphatic rings. The van der Waals surface area contributed by atoms with E-state index in [9.17, 15) is 4.39 Å². The van der Waals surface area contributed by atoms with Crippen LogP contribution in [0, 0.1) is 12.7 Å². The molecule has 0 heterocycles. The Labute approximate surface area is 123 Å². The van der Waals surface area contributed by atoms with Crippen LogP contribution in [0.15, 0.2) is 42.5 Å². The van der Waals surface area contributed by atoms with Crippen LogP contribution >= 0.6 is 11.6 Å². The Bertz CT molecular complexity index is 569. The Hall–Kier alpha value is -1.42. The van der Waals surface area contributed by atoms with Crippen LogP contribution < -0.4 is 11.3 Å². The van der Waals surface area contributed by atoms with Crippen molar-refractivity contribution in [1.82, 2.24) is 5.43 Å². The van der Waals surface area contributed by atoms with Crippen molar-refractivity contribution in [1.29, 1.82) is 0 Å². The van der Waals surface area contributed by atoms with Crippen LogP contribution in [-0.4, -0.2) is 6.04 Å². The maximum absolute atomic E-state index is 13.9. The first-order chi connectivity index (χ1) is 9.60. The van der Waals surface area contributed by atoms with Crippen molar-refractivity contribution < 1.29 is 4.39 Å². The molecule has 20 heavy (non-hydrogen) atoms. The predicted octanol–water partition coefficient (Wildman–Crippen LogP) is 3.40. The molecular formula is C16H18ClFN2. The molecule has 0 saturated heterocycles. The number of aryl methyl sites for hydroxylation is 1. The van der Waals surface area contributed by atoms with E-state index in [4.69, 9.17) is 17.4 Å². The lowest BCUT2D eigenvalue weighted by atomic mass is 9.98. The fraction of sp³-hybridized carbons (Fsp3) is 0.250. The van der Waals surface area contributed by atoms with E-state index in [0.717, 1.165) is 6.42 Å². The monoisotopic (exact) mass is 292 g/mol. The summed E-state index contributed by atoms with van der Waals surface area (Å²) in [4.78, 5) is 0. The first kappa shape index (κ1) is 15.0. The van der Waals surface area contributed by atoms with E-state index >= 15 is 0 Å². The van der Waals surface area contributed by atoms with Gasteiger partial charge < -0.3 is 0 Å². The quantitative estimate of drug-likeness (QED) is 0.655. The molecule has 2 rings (SSSR count). The van der Waals surface area contributed by atoms with Crippen LogP contribution in [0.5, 0.6) is 0 Å². The largest absolute Gasteiger partial charge is 0.271 e. The summed E-state index contributed by atoms with van der Waals surface area (Å²) in [6.07, 6.45) is 1.24. The third-order valence-electron chi connectivity index (χ3n) is 3.34. The number of benzene rings is 2. The Kier molecular flexibility index (Phi) is 5.12. The van der Waals surface area contributed by atoms with Crippen LogP contribution in [0.1, 0.15) is 16.7 Å². The summed E-state index contributed by atoms with van der Waals surface area (Å²) >= 11 is 5.79. The van der Waals surface area contributed by atoms with Gasteiger partial charge in [-0.1, -0.05) is 53.6 Å². The third-order valence-corrected chi connectivity index (χ3v) is 3.63. The van der Waals surface area contributed by atoms with E-state index in [0.29, 0.717) is 12.0 Å². The van der Waals surface area contributed by atoms with E-state index < -0.39 is 0 Å². The van der Waals surface area contributed by atoms with Gasteiger partial charge in [-0.15, -0.1) is 0 Å². The average Bonchev–Trinajstić information content (AvgIpc) is 2.45. The number of halogens is 2. The SMILES string of the molecule is Cc1ccc(CC(Cc2cccc(Cl)c2F)NN)cc1. The molecule has 0 bridgehead atoms. The zero-order valence-electron chi connectivity index (χ0n) is 11.4. The molecule has 4 heteroatoms. The van der Waals surface area contributed by atoms with Crippen molar-refractivity contribution in [2.24, 2.45) is 5.84 Å². The Morgan fingerprint density at radius 2 is 1.85 bits per heavy atom. The summed E-state index contributed by atoms with van der Waals surface area (Å²) in [6.45, 7) is 2.05. The summed E-state index contributed by atoms with van der Waals surface area (Å²) in [7, 11) is 0. The van der Waals surface area contributed by atoms with Crippen molar-refractivity contribution in [3.8, 4) is 0 Å². The van der Waals surface area contributed by atoms with Gasteiger partial charge in [0.05, 0.1) is 5.02 Å². The first-order valence-corrected chi connectivity index (χ1v) is 6.92. The molecule has 2 aromatic rings. The molecule has 3 N–H and O–H groups in total. The highest BCUT2D eigenvalue weighted by molar-refractivity contribution is 6.30. The van der Waals surface area contributed by atoms with E-state index in [1.807, 2.05) is 6.92 Å². The van der Waals surface area contributed by atoms with Crippen LogP contribution in [-0.2, 0) is 12.8 Å². The summed E-state index contributed by atoms with van der Waals surface area (Å²) in [5.41, 5.74) is 5.71. The molecule has 0 aliphatic heterocycles. The Morgan fingerprint density at radius 1 is 1.15 bits per heavy atom. The minimum atomic E-state index is -0.363. The summed E-state index contributed by atoms with van der Waals surface area (Å²) in [5.74, 6) is 5.22. The van der Waals surface area contributed by atoms with Gasteiger partial charge in [-0.3, -0.25) is 11.3 Å². The smallest absolute Gasteiger partial charge is 0.145 e. The van der Waals surface area contributed by atoms with E-state index in [1.54, 1.807) is 18.2 Å². The number of nitrogens with one attached hydrogen (secondary N) is 1. The van der Waals surface area contributed by atoms with Gasteiger partial charge in [0.1, 0.15) is 5.82 Å². The van der Waals surface area contributed by atoms with Crippen molar-refractivity contribution in [3.05, 3.63) is 70.0 Å². The highest BCUT2D eigenvalue weighted by atomic mass is 35.5. The maximum atomic E-state index is 13.9. The lowest BCUT2D eigenvalue weighted by Gasteiger charge is -2.17. The highest BCUT2D eigenvalue weighted by Gasteiger charge is 2.13. The third kappa shape index (κ3) is 3.79. The van der Waals surface area contributed by atoms with E-state index in [-0.39, 0.29) is 16.9 Å². The average molecular weight is 293 g/mol. The second-order valence-corrected chi connectivity index (χ2v) is 5.38. The molecule has 1 atom stereocenters. The van der Waals surface area contributed by atoms with Gasteiger partial charge in [0, 0.05) is 6.04 Å². The molecule has 106 valence electrons. The molecule has 2 aromatic carbocycles. The minimum Gasteiger partial charge on any atom is -0.271 e. The molecule has 2 nitrogen and oxygen atoms in total. The topological polar surface area (TPSA) is 38.0 Å². The lowest BCUT2D eigenvalue weighted by molar-refractivity contribution is 0.506. The summed E-state index contributed by atoms with van der Waals surface area (Å²) in [6, 6.07) is 13.2. The van der Waals surface area contributed by atoms with Crippen molar-refractivity contribution >= 4 is 11.6 Å². The fourth-order valence-electron chi connectivity index (χ4n) is 2.17. The van der Waals surface area contributed by atoms with Gasteiger partial charge in [0.25, 0.3) is 0 Å². The van der Waals surface area contributed by atoms with Crippen molar-refractivity contribution in [2.75, 3.05) is 0 Å². The number of rotatable bonds is 5. The standard InChI is InChI=1S/C16H18ClFN2/c1-11-5-7-12(8-6-11)9-14(20-19)10-13-3-2-4-15(17)16(13)18/h2-8,14,20H,9-10,19H2,1H3. The van der Waals surface area contributed by atoms with Gasteiger partial charge in [-0.25, -0.2) is 4.39 Å². The molecule has 0 aliphatic carbocycles. The van der Waals surface area contributed by atoms with Crippen molar-refractivity contribution in [2.45, 2.75) is 25.8 Å². The van der Waals surface area contributed by atoms with E-state index in [2.05, 4.69) is 29.7 Å². The number of hydrogen-bond acceptors (Lipinski definition) is 2. The highest BCUT2D eigenvalue weighted by Crippen LogP contribution is 2.20. The summed E-state index contributed by atoms with van der Waals surface area (Å²) in [5, 5.41) is 0.147. The Morgan fingerprint density at radius 3 is 2.50 bits per heavy atom. The molecule has 0 spiro atoms. The zero-order chi connectivity index (χ0) is 14.5. The van der Waals surface area contributed by atoms with Crippen LogP contribution in [0.3, 0.4) is 0 Å². The molecule has 0 amide bonds. The van der Waals surface area contributed by atoms with Crippen LogP contribution in [0.4, 0.5) is 4.39 Å². The molecule has 0 saturated carbocycles. The molecule has 0 aromatic heterocycles. The van der Waals surface area contributed by atoms with Crippen LogP contribution in [0.2, 0.25) is 5.02 Å². The van der Waals surface area contributed by atoms with Crippen molar-refractivity contribution in [3.63, 3.8) is 0 Å². The number of nitrogens with two attached hydrogens (primary N) is 1. The predicted molar refractivity (Wildman–Crippen MR) is 81.1 cm³/mol. The summed E-state index contributed by atoms with van der Waals surface area (Å²) < 4.78 is 13.9. The van der Waals surface area contributed by atoms with Gasteiger partial charge in [0.2, 0.25) is 0 Å². The first-order valence-electron chi connectivity index (χ1n) is 6.54. The Balaban J connectivity index is 2.09. The fourth-order valence-corrected chi connectivity index (χ4v) is 2.36. The second-order valence-electron chi connectivity index (χ2n) is 4.97. The number of hydrogen-bond donors (Lipinski definition) is 2. The second kappa shape index (κ2) is 6.84. The lowest BCUT2D eigenvalue weighted by Crippen LogP contribution is -2.38. The number of hydrazine groups is 1. The van der Waals surface area contributed by atoms with E-state index in [1.165, 1.54) is 11.1 Å². The van der Waals surface area contributed by atoms with Crippen LogP contribution in [0.25, 0.3) is 0 Å². The minimum absolute atomic E-state index is 0.0364. The van der Waals surface area contributed by atoms with Gasteiger partial charge in [0.15, 0.2) is 0 Å². The molecular weight excluding hydrogens is 275 g/mol. The molecule has 0 radical (unpaired) electrons. The van der Waals surface area contributed by atoms with Gasteiger partial charge >= 0.3 is 0 Å². The molecule has 1 unspecified atom stereocenters. The van der Waals surface area contributed by atoms with Gasteiger partial charge in [-0.2, -0.15) is 0 Å².